The van der Waals surface area contributed by atoms with Crippen molar-refractivity contribution in [2.45, 2.75) is 110 Å². The van der Waals surface area contributed by atoms with Crippen LogP contribution in [0.1, 0.15) is 83.2 Å². The van der Waals surface area contributed by atoms with Gasteiger partial charge in [0.1, 0.15) is 18.1 Å². The van der Waals surface area contributed by atoms with Crippen LogP contribution in [0.2, 0.25) is 0 Å². The summed E-state index contributed by atoms with van der Waals surface area (Å²) in [5.74, 6) is -1.97. The number of nitrogens with zero attached hydrogens (tertiary/aromatic N) is 7. The van der Waals surface area contributed by atoms with E-state index in [1.807, 2.05) is 32.2 Å². The Labute approximate surface area is 408 Å². The maximum atomic E-state index is 14.8. The fourth-order valence-corrected chi connectivity index (χ4v) is 11.5. The van der Waals surface area contributed by atoms with Crippen LogP contribution < -0.4 is 10.7 Å². The Balaban J connectivity index is 1.15. The first-order valence-electron chi connectivity index (χ1n) is 24.2. The molecule has 0 radical (unpaired) electrons. The minimum Gasteiger partial charge on any atom is -0.464 e. The molecule has 7 heterocycles. The number of pyridine rings is 1. The van der Waals surface area contributed by atoms with Gasteiger partial charge >= 0.3 is 12.0 Å². The highest BCUT2D eigenvalue weighted by molar-refractivity contribution is 7.10. The molecule has 3 aromatic heterocycles. The second kappa shape index (κ2) is 20.3. The molecule has 3 saturated heterocycles. The minimum atomic E-state index is -1.11. The minimum absolute atomic E-state index is 0.0598. The Kier molecular flexibility index (Phi) is 14.7. The number of carbonyl (C=O) groups is 5. The van der Waals surface area contributed by atoms with Gasteiger partial charge in [0.2, 0.25) is 11.8 Å². The number of carbonyl (C=O) groups excluding carboxylic acids is 5. The van der Waals surface area contributed by atoms with Crippen LogP contribution in [0.5, 0.6) is 0 Å². The molecule has 4 aliphatic rings. The molecule has 4 aromatic rings. The maximum absolute atomic E-state index is 14.8. The first-order valence-corrected chi connectivity index (χ1v) is 25.0. The summed E-state index contributed by atoms with van der Waals surface area (Å²) in [5, 5.41) is 8.12. The van der Waals surface area contributed by atoms with E-state index in [1.165, 1.54) is 27.3 Å². The lowest BCUT2D eigenvalue weighted by atomic mass is 9.84. The van der Waals surface area contributed by atoms with Gasteiger partial charge in [0, 0.05) is 92.3 Å². The predicted molar refractivity (Wildman–Crippen MR) is 263 cm³/mol. The normalized spacial score (nSPS) is 22.9. The van der Waals surface area contributed by atoms with Crippen molar-refractivity contribution in [3.63, 3.8) is 0 Å². The number of methoxy groups -OCH3 is 1. The second-order valence-corrected chi connectivity index (χ2v) is 20.9. The number of hydrogen-bond acceptors (Lipinski definition) is 12. The number of aryl methyl sites for hydroxylation is 1. The molecule has 370 valence electrons. The summed E-state index contributed by atoms with van der Waals surface area (Å²) >= 11 is 1.40. The van der Waals surface area contributed by atoms with Crippen LogP contribution in [-0.4, -0.2) is 148 Å². The number of aromatic nitrogens is 3. The second-order valence-electron chi connectivity index (χ2n) is 20.0. The van der Waals surface area contributed by atoms with Crippen LogP contribution in [0.4, 0.5) is 4.79 Å². The van der Waals surface area contributed by atoms with Crippen molar-refractivity contribution in [2.24, 2.45) is 11.3 Å². The largest absolute Gasteiger partial charge is 0.464 e. The van der Waals surface area contributed by atoms with Crippen molar-refractivity contribution in [3.8, 4) is 22.5 Å². The molecule has 69 heavy (non-hydrogen) atoms. The zero-order valence-corrected chi connectivity index (χ0v) is 42.0. The van der Waals surface area contributed by atoms with Gasteiger partial charge in [0.25, 0.3) is 5.91 Å². The Hall–Kier alpha value is -5.69. The van der Waals surface area contributed by atoms with Crippen molar-refractivity contribution >= 4 is 52.0 Å². The lowest BCUT2D eigenvalue weighted by Crippen LogP contribution is -2.66. The number of fused-ring (bicyclic) bond motifs is 6. The monoisotopic (exact) mass is 965 g/mol. The number of ether oxygens (including phenoxy) is 3. The van der Waals surface area contributed by atoms with Gasteiger partial charge in [0.15, 0.2) is 0 Å². The Morgan fingerprint density at radius 2 is 1.93 bits per heavy atom. The third-order valence-corrected chi connectivity index (χ3v) is 15.1. The van der Waals surface area contributed by atoms with Gasteiger partial charge in [0.05, 0.1) is 53.6 Å². The summed E-state index contributed by atoms with van der Waals surface area (Å²) in [7, 11) is 3.29. The van der Waals surface area contributed by atoms with E-state index >= 15 is 0 Å². The number of hydrogen-bond donors (Lipinski definition) is 2. The van der Waals surface area contributed by atoms with E-state index in [9.17, 15) is 24.0 Å². The molecule has 5 atom stereocenters. The average molecular weight is 966 g/mol. The summed E-state index contributed by atoms with van der Waals surface area (Å²) in [6.45, 7) is 18.4. The van der Waals surface area contributed by atoms with Gasteiger partial charge in [-0.3, -0.25) is 29.2 Å². The third-order valence-electron chi connectivity index (χ3n) is 14.2. The van der Waals surface area contributed by atoms with Crippen LogP contribution in [0.15, 0.2) is 54.6 Å². The van der Waals surface area contributed by atoms with E-state index < -0.39 is 46.9 Å². The number of rotatable bonds is 9. The molecule has 0 saturated carbocycles. The number of nitrogens with one attached hydrogen (secondary N) is 2. The number of urea groups is 1. The fraction of sp³-hybridized carbons (Fsp3) is 0.549. The maximum Gasteiger partial charge on any atom is 0.324 e. The summed E-state index contributed by atoms with van der Waals surface area (Å²) in [5.41, 5.74) is 8.47. The van der Waals surface area contributed by atoms with Crippen molar-refractivity contribution in [3.05, 3.63) is 70.8 Å². The van der Waals surface area contributed by atoms with Crippen molar-refractivity contribution in [1.82, 2.24) is 45.0 Å². The lowest BCUT2D eigenvalue weighted by Gasteiger charge is -2.47. The summed E-state index contributed by atoms with van der Waals surface area (Å²) in [6, 6.07) is 7.16. The molecule has 8 rings (SSSR count). The molecule has 1 spiro atoms. The van der Waals surface area contributed by atoms with Gasteiger partial charge in [-0.15, -0.1) is 11.3 Å². The van der Waals surface area contributed by atoms with Gasteiger partial charge in [-0.05, 0) is 81.4 Å². The van der Waals surface area contributed by atoms with E-state index in [0.29, 0.717) is 70.0 Å². The molecule has 18 heteroatoms. The molecular formula is C51H67N9O8S. The van der Waals surface area contributed by atoms with Crippen LogP contribution in [0.25, 0.3) is 33.4 Å². The lowest BCUT2D eigenvalue weighted by molar-refractivity contribution is -0.155. The van der Waals surface area contributed by atoms with Crippen molar-refractivity contribution < 1.29 is 38.2 Å². The highest BCUT2D eigenvalue weighted by atomic mass is 32.1. The zero-order valence-electron chi connectivity index (χ0n) is 41.2. The number of cyclic esters (lactones) is 1. The van der Waals surface area contributed by atoms with Crippen LogP contribution >= 0.6 is 11.3 Å². The van der Waals surface area contributed by atoms with E-state index in [-0.39, 0.29) is 43.6 Å². The highest BCUT2D eigenvalue weighted by Crippen LogP contribution is 2.42. The number of thiazole rings is 1. The molecule has 2 N–H and O–H groups in total. The molecule has 17 nitrogen and oxygen atoms in total. The number of hydrazine groups is 1. The van der Waals surface area contributed by atoms with Crippen molar-refractivity contribution in [2.75, 3.05) is 60.2 Å². The first kappa shape index (κ1) is 49.7. The molecule has 3 fully saturated rings. The zero-order chi connectivity index (χ0) is 49.4. The fourth-order valence-electron chi connectivity index (χ4n) is 10.6. The van der Waals surface area contributed by atoms with E-state index in [2.05, 4.69) is 66.9 Å². The third kappa shape index (κ3) is 9.90. The summed E-state index contributed by atoms with van der Waals surface area (Å²) < 4.78 is 20.1. The number of likely N-dealkylation sites (N-methyl/N-ethyl adjacent to an activating group) is 1. The van der Waals surface area contributed by atoms with Crippen molar-refractivity contribution in [1.29, 1.82) is 0 Å². The first-order chi connectivity index (χ1) is 33.0. The molecule has 1 aromatic carbocycles. The smallest absolute Gasteiger partial charge is 0.324 e. The number of likely N-dealkylation sites (tertiary alicyclic amines) is 1. The summed E-state index contributed by atoms with van der Waals surface area (Å²) in [4.78, 5) is 85.4. The van der Waals surface area contributed by atoms with Gasteiger partial charge in [-0.2, -0.15) is 0 Å². The molecular weight excluding hydrogens is 899 g/mol. The Morgan fingerprint density at radius 3 is 2.67 bits per heavy atom. The standard InChI is InChI=1S/C51H67N9O8S/c1-10-42(61)57-21-18-51(28-57)30-67-23-22-59(51)49(65)56(8)44(31(3)4)46(62)54-38-25-41-53-39(27-69-41)33-16-17-40-35(24-33)36(45(58(40)11-2)34-14-12-19-52-43(34)32(5)66-9)26-50(6,7)29-68-48(64)37-15-13-20-60(55-37)47(38)63/h10,12,14,16-17,19,24,27,31-32,37-38,44,55H,1,11,13,15,18,20-23,25-26,28-30H2,2-9H3,(H,54,62)/t32-,37-,38-,44-,51+/m0/s1. The topological polar surface area (TPSA) is 181 Å². The van der Waals surface area contributed by atoms with Gasteiger partial charge in [-0.25, -0.2) is 15.2 Å². The number of morpholine rings is 1. The number of esters is 1. The van der Waals surface area contributed by atoms with E-state index in [0.717, 1.165) is 44.7 Å². The Morgan fingerprint density at radius 1 is 1.13 bits per heavy atom. The predicted octanol–water partition coefficient (Wildman–Crippen LogP) is 5.77. The molecule has 0 unspecified atom stereocenters. The molecule has 4 aliphatic heterocycles. The van der Waals surface area contributed by atoms with Crippen LogP contribution in [-0.2, 0) is 52.8 Å². The molecule has 0 aliphatic carbocycles. The molecule has 6 bridgehead atoms. The SMILES string of the molecule is C=CC(=O)N1CC[C@]2(COCCN2C(=O)N(C)[C@H](C(=O)N[C@H]2Cc3nc(cs3)-c3ccc4c(c3)c(c(-c3cccnc3[C@H](C)OC)n4CC)CC(C)(C)COC(=O)[C@@H]3CCCN(N3)C2=O)C(C)C)C1. The van der Waals surface area contributed by atoms with Crippen LogP contribution in [0, 0.1) is 11.3 Å². The van der Waals surface area contributed by atoms with Crippen LogP contribution in [0.3, 0.4) is 0 Å². The number of amides is 5. The van der Waals surface area contributed by atoms with E-state index in [4.69, 9.17) is 24.2 Å². The Bertz CT molecular complexity index is 2610. The quantitative estimate of drug-likeness (QED) is 0.154. The van der Waals surface area contributed by atoms with Gasteiger partial charge < -0.3 is 38.8 Å². The van der Waals surface area contributed by atoms with Gasteiger partial charge in [-0.1, -0.05) is 40.3 Å². The summed E-state index contributed by atoms with van der Waals surface area (Å²) in [6.07, 6.45) is 4.94. The number of benzene rings is 1. The average Bonchev–Trinajstić information content (AvgIpc) is 4.08. The van der Waals surface area contributed by atoms with E-state index in [1.54, 1.807) is 30.2 Å². The highest BCUT2D eigenvalue weighted by Gasteiger charge is 2.50. The molecule has 5 amide bonds.